The summed E-state index contributed by atoms with van der Waals surface area (Å²) in [7, 11) is 0. The molecule has 7 heteroatoms. The van der Waals surface area contributed by atoms with Crippen LogP contribution >= 0.6 is 0 Å². The molecule has 2 aromatic rings. The largest absolute Gasteiger partial charge is 0.376 e. The van der Waals surface area contributed by atoms with Crippen LogP contribution in [0.15, 0.2) is 48.5 Å². The normalized spacial score (nSPS) is 10.5. The lowest BCUT2D eigenvalue weighted by atomic mass is 10.1. The van der Waals surface area contributed by atoms with Crippen molar-refractivity contribution in [1.82, 2.24) is 4.90 Å². The highest BCUT2D eigenvalue weighted by Crippen LogP contribution is 2.15. The summed E-state index contributed by atoms with van der Waals surface area (Å²) >= 11 is 0. The standard InChI is InChI=1S/C24H32N4O3/c1-5-28(6-2)24(31)18-8-7-9-21(15-18)27-23(30)16-25-19-10-12-20(13-11-19)26-22(29)14-17(3)4/h7-13,15,17,25H,5-6,14,16H2,1-4H3,(H,26,29)(H,27,30). The number of anilines is 3. The molecule has 0 atom stereocenters. The van der Waals surface area contributed by atoms with Gasteiger partial charge in [-0.3, -0.25) is 14.4 Å². The zero-order chi connectivity index (χ0) is 22.8. The van der Waals surface area contributed by atoms with Gasteiger partial charge in [-0.15, -0.1) is 0 Å². The number of nitrogens with zero attached hydrogens (tertiary/aromatic N) is 1. The van der Waals surface area contributed by atoms with Crippen LogP contribution in [-0.2, 0) is 9.59 Å². The molecule has 166 valence electrons. The Balaban J connectivity index is 1.87. The van der Waals surface area contributed by atoms with Gasteiger partial charge in [0.2, 0.25) is 11.8 Å². The number of hydrogen-bond acceptors (Lipinski definition) is 4. The van der Waals surface area contributed by atoms with E-state index in [0.717, 1.165) is 11.4 Å². The molecule has 0 radical (unpaired) electrons. The third-order valence-corrected chi connectivity index (χ3v) is 4.66. The molecular weight excluding hydrogens is 392 g/mol. The first-order valence-electron chi connectivity index (χ1n) is 10.6. The second-order valence-corrected chi connectivity index (χ2v) is 7.68. The quantitative estimate of drug-likeness (QED) is 0.533. The number of hydrogen-bond donors (Lipinski definition) is 3. The van der Waals surface area contributed by atoms with E-state index in [9.17, 15) is 14.4 Å². The van der Waals surface area contributed by atoms with E-state index < -0.39 is 0 Å². The Morgan fingerprint density at radius 2 is 1.45 bits per heavy atom. The zero-order valence-corrected chi connectivity index (χ0v) is 18.7. The Morgan fingerprint density at radius 3 is 2.06 bits per heavy atom. The molecule has 0 unspecified atom stereocenters. The lowest BCUT2D eigenvalue weighted by Gasteiger charge is -2.19. The number of nitrogens with one attached hydrogen (secondary N) is 3. The molecule has 0 fully saturated rings. The molecule has 0 spiro atoms. The average Bonchev–Trinajstić information content (AvgIpc) is 2.73. The number of carbonyl (C=O) groups is 3. The first-order chi connectivity index (χ1) is 14.8. The maximum absolute atomic E-state index is 12.5. The Kier molecular flexibility index (Phi) is 9.06. The number of benzene rings is 2. The van der Waals surface area contributed by atoms with Crippen LogP contribution in [0.25, 0.3) is 0 Å². The van der Waals surface area contributed by atoms with E-state index in [4.69, 9.17) is 0 Å². The van der Waals surface area contributed by atoms with Crippen LogP contribution in [0.2, 0.25) is 0 Å². The van der Waals surface area contributed by atoms with Crippen molar-refractivity contribution < 1.29 is 14.4 Å². The van der Waals surface area contributed by atoms with Gasteiger partial charge in [0.1, 0.15) is 0 Å². The summed E-state index contributed by atoms with van der Waals surface area (Å²) in [6.07, 6.45) is 0.474. The van der Waals surface area contributed by atoms with Crippen molar-refractivity contribution in [3.05, 3.63) is 54.1 Å². The monoisotopic (exact) mass is 424 g/mol. The third-order valence-electron chi connectivity index (χ3n) is 4.66. The smallest absolute Gasteiger partial charge is 0.253 e. The molecule has 0 aromatic heterocycles. The van der Waals surface area contributed by atoms with E-state index in [1.165, 1.54) is 0 Å². The average molecular weight is 425 g/mol. The highest BCUT2D eigenvalue weighted by molar-refractivity contribution is 5.98. The molecular formula is C24H32N4O3. The molecule has 0 aliphatic rings. The summed E-state index contributed by atoms with van der Waals surface area (Å²) in [6, 6.07) is 14.1. The Morgan fingerprint density at radius 1 is 0.839 bits per heavy atom. The van der Waals surface area contributed by atoms with Crippen molar-refractivity contribution in [3.8, 4) is 0 Å². The van der Waals surface area contributed by atoms with Crippen molar-refractivity contribution in [2.24, 2.45) is 5.92 Å². The molecule has 0 saturated carbocycles. The van der Waals surface area contributed by atoms with Gasteiger partial charge in [0.25, 0.3) is 5.91 Å². The van der Waals surface area contributed by atoms with Gasteiger partial charge in [0, 0.05) is 42.1 Å². The van der Waals surface area contributed by atoms with Gasteiger partial charge < -0.3 is 20.9 Å². The van der Waals surface area contributed by atoms with Crippen molar-refractivity contribution in [1.29, 1.82) is 0 Å². The van der Waals surface area contributed by atoms with Crippen LogP contribution in [-0.4, -0.2) is 42.3 Å². The van der Waals surface area contributed by atoms with Crippen molar-refractivity contribution in [3.63, 3.8) is 0 Å². The van der Waals surface area contributed by atoms with Crippen molar-refractivity contribution >= 4 is 34.8 Å². The van der Waals surface area contributed by atoms with Gasteiger partial charge >= 0.3 is 0 Å². The maximum Gasteiger partial charge on any atom is 0.253 e. The lowest BCUT2D eigenvalue weighted by Crippen LogP contribution is -2.30. The van der Waals surface area contributed by atoms with Crippen molar-refractivity contribution in [2.45, 2.75) is 34.1 Å². The SMILES string of the molecule is CCN(CC)C(=O)c1cccc(NC(=O)CNc2ccc(NC(=O)CC(C)C)cc2)c1. The third kappa shape index (κ3) is 7.77. The molecule has 0 bridgehead atoms. The molecule has 3 amide bonds. The van der Waals surface area contributed by atoms with Gasteiger partial charge in [0.05, 0.1) is 6.54 Å². The Hall–Kier alpha value is -3.35. The molecule has 31 heavy (non-hydrogen) atoms. The van der Waals surface area contributed by atoms with Crippen LogP contribution < -0.4 is 16.0 Å². The summed E-state index contributed by atoms with van der Waals surface area (Å²) in [4.78, 5) is 38.3. The van der Waals surface area contributed by atoms with Gasteiger partial charge in [-0.25, -0.2) is 0 Å². The van der Waals surface area contributed by atoms with Gasteiger partial charge in [-0.1, -0.05) is 19.9 Å². The fourth-order valence-corrected chi connectivity index (χ4v) is 3.07. The topological polar surface area (TPSA) is 90.5 Å². The summed E-state index contributed by atoms with van der Waals surface area (Å²) < 4.78 is 0. The number of amides is 3. The van der Waals surface area contributed by atoms with E-state index in [-0.39, 0.29) is 24.3 Å². The molecule has 0 aliphatic carbocycles. The van der Waals surface area contributed by atoms with Crippen LogP contribution in [0, 0.1) is 5.92 Å². The molecule has 0 heterocycles. The molecule has 7 nitrogen and oxygen atoms in total. The zero-order valence-electron chi connectivity index (χ0n) is 18.7. The van der Waals surface area contributed by atoms with Crippen LogP contribution in [0.4, 0.5) is 17.1 Å². The van der Waals surface area contributed by atoms with E-state index >= 15 is 0 Å². The second kappa shape index (κ2) is 11.7. The highest BCUT2D eigenvalue weighted by atomic mass is 16.2. The molecule has 2 rings (SSSR count). The predicted octanol–water partition coefficient (Wildman–Crippen LogP) is 4.20. The minimum atomic E-state index is -0.221. The highest BCUT2D eigenvalue weighted by Gasteiger charge is 2.13. The van der Waals surface area contributed by atoms with Gasteiger partial charge in [0.15, 0.2) is 0 Å². The summed E-state index contributed by atoms with van der Waals surface area (Å²) in [5, 5.41) is 8.71. The summed E-state index contributed by atoms with van der Waals surface area (Å²) in [5.41, 5.74) is 2.61. The van der Waals surface area contributed by atoms with Crippen LogP contribution in [0.1, 0.15) is 44.5 Å². The van der Waals surface area contributed by atoms with Gasteiger partial charge in [-0.2, -0.15) is 0 Å². The Labute approximate surface area is 184 Å². The molecule has 0 aliphatic heterocycles. The van der Waals surface area contributed by atoms with E-state index in [1.807, 2.05) is 39.8 Å². The summed E-state index contributed by atoms with van der Waals surface area (Å²) in [6.45, 7) is 9.21. The minimum absolute atomic E-state index is 0.0169. The van der Waals surface area contributed by atoms with Crippen LogP contribution in [0.3, 0.4) is 0 Å². The van der Waals surface area contributed by atoms with Gasteiger partial charge in [-0.05, 0) is 62.2 Å². The molecule has 0 saturated heterocycles. The fourth-order valence-electron chi connectivity index (χ4n) is 3.07. The lowest BCUT2D eigenvalue weighted by molar-refractivity contribution is -0.117. The minimum Gasteiger partial charge on any atom is -0.376 e. The number of rotatable bonds is 10. The van der Waals surface area contributed by atoms with Crippen LogP contribution in [0.5, 0.6) is 0 Å². The molecule has 2 aromatic carbocycles. The van der Waals surface area contributed by atoms with E-state index in [0.29, 0.717) is 36.7 Å². The Bertz CT molecular complexity index is 890. The fraction of sp³-hybridized carbons (Fsp3) is 0.375. The predicted molar refractivity (Wildman–Crippen MR) is 125 cm³/mol. The first kappa shape index (κ1) is 23.9. The maximum atomic E-state index is 12.5. The number of carbonyl (C=O) groups excluding carboxylic acids is 3. The van der Waals surface area contributed by atoms with E-state index in [2.05, 4.69) is 16.0 Å². The summed E-state index contributed by atoms with van der Waals surface area (Å²) in [5.74, 6) is 0.00818. The molecule has 3 N–H and O–H groups in total. The van der Waals surface area contributed by atoms with Crippen molar-refractivity contribution in [2.75, 3.05) is 35.6 Å². The second-order valence-electron chi connectivity index (χ2n) is 7.68. The first-order valence-corrected chi connectivity index (χ1v) is 10.6. The van der Waals surface area contributed by atoms with E-state index in [1.54, 1.807) is 41.3 Å².